The Labute approximate surface area is 186 Å². The van der Waals surface area contributed by atoms with Crippen LogP contribution in [0, 0.1) is 0 Å². The second kappa shape index (κ2) is 16.9. The van der Waals surface area contributed by atoms with Gasteiger partial charge in [-0.3, -0.25) is 4.55 Å². The van der Waals surface area contributed by atoms with Crippen molar-refractivity contribution in [3.63, 3.8) is 0 Å². The van der Waals surface area contributed by atoms with E-state index in [1.807, 2.05) is 0 Å². The van der Waals surface area contributed by atoms with E-state index >= 15 is 0 Å². The summed E-state index contributed by atoms with van der Waals surface area (Å²) >= 11 is 0. The van der Waals surface area contributed by atoms with Crippen LogP contribution >= 0.6 is 0 Å². The third-order valence-electron chi connectivity index (χ3n) is 4.89. The lowest BCUT2D eigenvalue weighted by molar-refractivity contribution is -0.890. The first-order valence-corrected chi connectivity index (χ1v) is 13.1. The van der Waals surface area contributed by atoms with Gasteiger partial charge in [0.25, 0.3) is 10.1 Å². The normalized spacial score (nSPS) is 12.4. The van der Waals surface area contributed by atoms with E-state index in [2.05, 4.69) is 21.0 Å². The molecule has 0 aromatic heterocycles. The van der Waals surface area contributed by atoms with Gasteiger partial charge in [0.15, 0.2) is 0 Å². The fourth-order valence-corrected chi connectivity index (χ4v) is 3.70. The zero-order chi connectivity index (χ0) is 23.7. The average molecular weight is 454 g/mol. The molecule has 0 radical (unpaired) electrons. The molecule has 0 aliphatic heterocycles. The van der Waals surface area contributed by atoms with Gasteiger partial charge < -0.3 is 18.9 Å². The van der Waals surface area contributed by atoms with Crippen molar-refractivity contribution in [3.8, 4) is 0 Å². The summed E-state index contributed by atoms with van der Waals surface area (Å²) < 4.78 is 31.4. The molecule has 0 saturated carbocycles. The smallest absolute Gasteiger partial charge is 0.265 e. The Balaban J connectivity index is 0. The highest BCUT2D eigenvalue weighted by atomic mass is 32.2. The van der Waals surface area contributed by atoms with Crippen LogP contribution in [0.5, 0.6) is 0 Å². The Kier molecular flexibility index (Phi) is 17.8. The SMILES string of the molecule is CCCCCCCCCCCC[N+](C)(C)CCCS(=O)(=O)O.C[N+](C)(C)CC(=O)[O-]. The molecule has 0 aliphatic rings. The molecule has 0 atom stereocenters. The van der Waals surface area contributed by atoms with E-state index in [1.165, 1.54) is 64.2 Å². The molecule has 8 heteroatoms. The Bertz CT molecular complexity index is 528. The molecule has 0 spiro atoms. The highest BCUT2D eigenvalue weighted by molar-refractivity contribution is 7.85. The van der Waals surface area contributed by atoms with E-state index in [4.69, 9.17) is 4.55 Å². The van der Waals surface area contributed by atoms with Gasteiger partial charge in [0, 0.05) is 6.42 Å². The van der Waals surface area contributed by atoms with E-state index in [0.717, 1.165) is 17.6 Å². The van der Waals surface area contributed by atoms with Crippen LogP contribution in [0.3, 0.4) is 0 Å². The Morgan fingerprint density at radius 2 is 1.17 bits per heavy atom. The molecule has 0 aromatic carbocycles. The van der Waals surface area contributed by atoms with E-state index in [9.17, 15) is 18.3 Å². The van der Waals surface area contributed by atoms with Gasteiger partial charge in [-0.25, -0.2) is 0 Å². The van der Waals surface area contributed by atoms with Crippen LogP contribution in [0.15, 0.2) is 0 Å². The summed E-state index contributed by atoms with van der Waals surface area (Å²) in [5.41, 5.74) is 0. The number of unbranched alkanes of at least 4 members (excludes halogenated alkanes) is 9. The number of quaternary nitrogens is 2. The zero-order valence-electron chi connectivity index (χ0n) is 20.5. The van der Waals surface area contributed by atoms with Gasteiger partial charge >= 0.3 is 0 Å². The maximum Gasteiger partial charge on any atom is 0.265 e. The number of carboxylic acid groups (broad SMARTS) is 1. The predicted octanol–water partition coefficient (Wildman–Crippen LogP) is 2.70. The number of likely N-dealkylation sites (N-methyl/N-ethyl adjacent to an activating group) is 1. The number of carboxylic acids is 1. The van der Waals surface area contributed by atoms with Gasteiger partial charge in [-0.1, -0.05) is 58.3 Å². The number of carbonyl (C=O) groups excluding carboxylic acids is 1. The van der Waals surface area contributed by atoms with Gasteiger partial charge in [0.1, 0.15) is 6.54 Å². The lowest BCUT2D eigenvalue weighted by atomic mass is 10.1. The Hall–Kier alpha value is -0.700. The summed E-state index contributed by atoms with van der Waals surface area (Å²) in [7, 11) is 5.88. The summed E-state index contributed by atoms with van der Waals surface area (Å²) in [5, 5.41) is 9.89. The van der Waals surface area contributed by atoms with Crippen molar-refractivity contribution in [1.29, 1.82) is 0 Å². The van der Waals surface area contributed by atoms with Crippen molar-refractivity contribution in [2.45, 2.75) is 77.6 Å². The lowest BCUT2D eigenvalue weighted by Crippen LogP contribution is -2.45. The van der Waals surface area contributed by atoms with Gasteiger partial charge in [0.05, 0.1) is 60.1 Å². The second-order valence-electron chi connectivity index (χ2n) is 10.0. The molecular formula is C22H49N2O5S+. The van der Waals surface area contributed by atoms with Gasteiger partial charge in [-0.15, -0.1) is 0 Å². The topological polar surface area (TPSA) is 94.5 Å². The summed E-state index contributed by atoms with van der Waals surface area (Å²) in [6.45, 7) is 4.21. The fraction of sp³-hybridized carbons (Fsp3) is 0.955. The number of carbonyl (C=O) groups is 1. The molecule has 0 heterocycles. The molecule has 0 saturated heterocycles. The quantitative estimate of drug-likeness (QED) is 0.208. The Morgan fingerprint density at radius 3 is 1.50 bits per heavy atom. The first kappa shape index (κ1) is 31.5. The zero-order valence-corrected chi connectivity index (χ0v) is 21.3. The van der Waals surface area contributed by atoms with E-state index in [1.54, 1.807) is 21.1 Å². The molecule has 0 amide bonds. The second-order valence-corrected chi connectivity index (χ2v) is 11.6. The minimum atomic E-state index is -3.80. The molecule has 0 aromatic rings. The highest BCUT2D eigenvalue weighted by Gasteiger charge is 2.16. The Morgan fingerprint density at radius 1 is 0.767 bits per heavy atom. The number of hydrogen-bond donors (Lipinski definition) is 1. The molecule has 182 valence electrons. The van der Waals surface area contributed by atoms with Gasteiger partial charge in [-0.2, -0.15) is 8.42 Å². The van der Waals surface area contributed by atoms with Crippen LogP contribution < -0.4 is 5.11 Å². The van der Waals surface area contributed by atoms with Crippen LogP contribution in [-0.4, -0.2) is 88.5 Å². The molecule has 0 unspecified atom stereocenters. The molecule has 30 heavy (non-hydrogen) atoms. The van der Waals surface area contributed by atoms with Crippen molar-refractivity contribution in [2.75, 3.05) is 60.6 Å². The molecule has 0 rings (SSSR count). The molecule has 0 fully saturated rings. The van der Waals surface area contributed by atoms with E-state index in [-0.39, 0.29) is 12.3 Å². The minimum Gasteiger partial charge on any atom is -0.544 e. The summed E-state index contributed by atoms with van der Waals surface area (Å²) in [6.07, 6.45) is 13.9. The standard InChI is InChI=1S/C17H37NO3S.C5H11NO2/c1-4-5-6-7-8-9-10-11-12-13-15-18(2,3)16-14-17-22(19,20)21;1-6(2,3)4-5(7)8/h4-17H2,1-3H3;4H2,1-3H3/p+1. The first-order valence-electron chi connectivity index (χ1n) is 11.5. The van der Waals surface area contributed by atoms with Crippen molar-refractivity contribution in [2.24, 2.45) is 0 Å². The van der Waals surface area contributed by atoms with Crippen LogP contribution in [0.2, 0.25) is 0 Å². The monoisotopic (exact) mass is 453 g/mol. The number of hydrogen-bond acceptors (Lipinski definition) is 4. The van der Waals surface area contributed by atoms with Crippen LogP contribution in [0.25, 0.3) is 0 Å². The molecule has 0 aliphatic carbocycles. The predicted molar refractivity (Wildman–Crippen MR) is 123 cm³/mol. The molecule has 1 N–H and O–H groups in total. The van der Waals surface area contributed by atoms with Crippen molar-refractivity contribution in [3.05, 3.63) is 0 Å². The molecule has 7 nitrogen and oxygen atoms in total. The van der Waals surface area contributed by atoms with Gasteiger partial charge in [-0.05, 0) is 12.8 Å². The summed E-state index contributed by atoms with van der Waals surface area (Å²) in [4.78, 5) is 9.89. The number of aliphatic carboxylic acids is 1. The van der Waals surface area contributed by atoms with Crippen LogP contribution in [0.1, 0.15) is 77.6 Å². The van der Waals surface area contributed by atoms with Crippen molar-refractivity contribution >= 4 is 16.1 Å². The third-order valence-corrected chi connectivity index (χ3v) is 5.69. The first-order chi connectivity index (χ1) is 13.7. The van der Waals surface area contributed by atoms with Gasteiger partial charge in [0.2, 0.25) is 0 Å². The highest BCUT2D eigenvalue weighted by Crippen LogP contribution is 2.12. The van der Waals surface area contributed by atoms with Crippen LogP contribution in [-0.2, 0) is 14.9 Å². The maximum atomic E-state index is 10.7. The summed E-state index contributed by atoms with van der Waals surface area (Å²) in [5.74, 6) is -1.12. The third kappa shape index (κ3) is 29.5. The van der Waals surface area contributed by atoms with Crippen LogP contribution in [0.4, 0.5) is 0 Å². The van der Waals surface area contributed by atoms with Crippen molar-refractivity contribution < 1.29 is 31.8 Å². The van der Waals surface area contributed by atoms with Crippen molar-refractivity contribution in [1.82, 2.24) is 0 Å². The van der Waals surface area contributed by atoms with E-state index < -0.39 is 16.1 Å². The number of rotatable bonds is 17. The summed E-state index contributed by atoms with van der Waals surface area (Å²) in [6, 6.07) is 0. The molecular weight excluding hydrogens is 404 g/mol. The fourth-order valence-electron chi connectivity index (χ4n) is 3.20. The largest absolute Gasteiger partial charge is 0.544 e. The maximum absolute atomic E-state index is 10.7. The minimum absolute atomic E-state index is 0.0694. The van der Waals surface area contributed by atoms with E-state index in [0.29, 0.717) is 10.9 Å². The average Bonchev–Trinajstić information content (AvgIpc) is 2.53. The lowest BCUT2D eigenvalue weighted by Gasteiger charge is -2.29. The number of nitrogens with zero attached hydrogens (tertiary/aromatic N) is 2. The molecule has 0 bridgehead atoms.